The van der Waals surface area contributed by atoms with Crippen molar-refractivity contribution in [2.45, 2.75) is 26.7 Å². The van der Waals surface area contributed by atoms with E-state index < -0.39 is 5.41 Å². The highest BCUT2D eigenvalue weighted by molar-refractivity contribution is 6.14. The summed E-state index contributed by atoms with van der Waals surface area (Å²) in [6.07, 6.45) is 12.3. The molecule has 0 bridgehead atoms. The molecule has 0 radical (unpaired) electrons. The Bertz CT molecular complexity index is 2340. The van der Waals surface area contributed by atoms with Gasteiger partial charge in [0.2, 0.25) is 0 Å². The minimum atomic E-state index is -0.895. The van der Waals surface area contributed by atoms with Gasteiger partial charge in [-0.1, -0.05) is 79.7 Å². The molecule has 44 heavy (non-hydrogen) atoms. The van der Waals surface area contributed by atoms with Gasteiger partial charge in [-0.05, 0) is 73.7 Å². The van der Waals surface area contributed by atoms with E-state index in [0.29, 0.717) is 17.9 Å². The molecule has 0 aliphatic heterocycles. The van der Waals surface area contributed by atoms with Crippen LogP contribution >= 0.6 is 0 Å². The quantitative estimate of drug-likeness (QED) is 0.214. The topological polar surface area (TPSA) is 57.4 Å². The van der Waals surface area contributed by atoms with Crippen LogP contribution in [0.15, 0.2) is 121 Å². The minimum absolute atomic E-state index is 0.458. The Morgan fingerprint density at radius 3 is 1.98 bits per heavy atom. The van der Waals surface area contributed by atoms with Crippen LogP contribution in [-0.2, 0) is 0 Å². The molecule has 2 aliphatic carbocycles. The summed E-state index contributed by atoms with van der Waals surface area (Å²) in [5.74, 6) is 0.458. The number of hydrogen-bond acceptors (Lipinski definition) is 2. The van der Waals surface area contributed by atoms with Crippen molar-refractivity contribution in [2.24, 2.45) is 11.3 Å². The van der Waals surface area contributed by atoms with Crippen LogP contribution < -0.4 is 0 Å². The van der Waals surface area contributed by atoms with Gasteiger partial charge in [-0.3, -0.25) is 0 Å². The van der Waals surface area contributed by atoms with Gasteiger partial charge in [0.25, 0.3) is 0 Å². The third-order valence-corrected chi connectivity index (χ3v) is 9.42. The Balaban J connectivity index is 1.53. The molecule has 0 saturated heterocycles. The number of rotatable bonds is 3. The average molecular weight is 567 g/mol. The maximum Gasteiger partial charge on any atom is 0.0964 e. The van der Waals surface area contributed by atoms with Crippen molar-refractivity contribution in [1.29, 1.82) is 10.5 Å². The molecule has 4 nitrogen and oxygen atoms in total. The first kappa shape index (κ1) is 26.1. The highest BCUT2D eigenvalue weighted by Crippen LogP contribution is 2.45. The first-order valence-electron chi connectivity index (χ1n) is 15.2. The van der Waals surface area contributed by atoms with Crippen molar-refractivity contribution in [3.05, 3.63) is 126 Å². The number of benzene rings is 4. The molecule has 6 aromatic rings. The zero-order valence-electron chi connectivity index (χ0n) is 24.8. The monoisotopic (exact) mass is 566 g/mol. The first-order valence-corrected chi connectivity index (χ1v) is 15.2. The largest absolute Gasteiger partial charge is 0.309 e. The van der Waals surface area contributed by atoms with E-state index in [4.69, 9.17) is 0 Å². The van der Waals surface area contributed by atoms with Crippen LogP contribution in [0.5, 0.6) is 0 Å². The van der Waals surface area contributed by atoms with E-state index in [1.54, 1.807) is 0 Å². The molecule has 2 heterocycles. The van der Waals surface area contributed by atoms with Gasteiger partial charge in [-0.2, -0.15) is 10.5 Å². The van der Waals surface area contributed by atoms with E-state index in [1.165, 1.54) is 32.8 Å². The molecule has 4 heteroatoms. The number of allylic oxidation sites excluding steroid dienone is 8. The third kappa shape index (κ3) is 3.75. The van der Waals surface area contributed by atoms with Gasteiger partial charge in [0, 0.05) is 38.4 Å². The molecule has 2 unspecified atom stereocenters. The highest BCUT2D eigenvalue weighted by atomic mass is 15.0. The van der Waals surface area contributed by atoms with Gasteiger partial charge in [0.15, 0.2) is 0 Å². The molecular weight excluding hydrogens is 536 g/mol. The van der Waals surface area contributed by atoms with Crippen molar-refractivity contribution in [3.63, 3.8) is 0 Å². The molecule has 0 fully saturated rings. The summed E-state index contributed by atoms with van der Waals surface area (Å²) in [5, 5.41) is 24.9. The van der Waals surface area contributed by atoms with E-state index in [-0.39, 0.29) is 0 Å². The number of hydrogen-bond donors (Lipinski definition) is 0. The van der Waals surface area contributed by atoms with Gasteiger partial charge in [0.05, 0.1) is 45.3 Å². The van der Waals surface area contributed by atoms with Gasteiger partial charge >= 0.3 is 0 Å². The predicted octanol–water partition coefficient (Wildman–Crippen LogP) is 10.1. The second-order valence-corrected chi connectivity index (χ2v) is 12.3. The summed E-state index contributed by atoms with van der Waals surface area (Å²) in [5.41, 5.74) is 8.56. The van der Waals surface area contributed by atoms with Crippen molar-refractivity contribution in [3.8, 4) is 17.8 Å². The molecular formula is C40H30N4. The summed E-state index contributed by atoms with van der Waals surface area (Å²) in [7, 11) is 0. The van der Waals surface area contributed by atoms with Gasteiger partial charge in [0.1, 0.15) is 0 Å². The fourth-order valence-corrected chi connectivity index (χ4v) is 7.22. The maximum atomic E-state index is 10.2. The Morgan fingerprint density at radius 1 is 0.750 bits per heavy atom. The zero-order chi connectivity index (χ0) is 30.0. The Hall–Kier alpha value is -5.58. The predicted molar refractivity (Wildman–Crippen MR) is 181 cm³/mol. The minimum Gasteiger partial charge on any atom is -0.309 e. The lowest BCUT2D eigenvalue weighted by molar-refractivity contribution is 0.557. The van der Waals surface area contributed by atoms with Crippen LogP contribution in [0.1, 0.15) is 32.3 Å². The Labute approximate surface area is 256 Å². The summed E-state index contributed by atoms with van der Waals surface area (Å²) in [4.78, 5) is 0. The van der Waals surface area contributed by atoms with Crippen molar-refractivity contribution in [1.82, 2.24) is 9.13 Å². The van der Waals surface area contributed by atoms with Crippen LogP contribution in [0.3, 0.4) is 0 Å². The molecule has 2 aromatic heterocycles. The second-order valence-electron chi connectivity index (χ2n) is 12.3. The molecule has 0 N–H and O–H groups in total. The summed E-state index contributed by atoms with van der Waals surface area (Å²) in [6, 6.07) is 35.2. The van der Waals surface area contributed by atoms with Crippen LogP contribution in [0.2, 0.25) is 0 Å². The maximum absolute atomic E-state index is 10.2. The third-order valence-electron chi connectivity index (χ3n) is 9.42. The number of fused-ring (bicyclic) bond motifs is 6. The molecule has 0 spiro atoms. The number of nitrogens with zero attached hydrogens (tertiary/aromatic N) is 4. The zero-order valence-corrected chi connectivity index (χ0v) is 24.8. The average Bonchev–Trinajstić information content (AvgIpc) is 3.56. The lowest BCUT2D eigenvalue weighted by Crippen LogP contribution is -2.19. The molecule has 210 valence electrons. The standard InChI is InChI=1S/C40H30N4/c1-26-10-9-11-29(20-26)43-35-15-6-5-14-32(35)34-21-33(27-18-19-28(24-41)40(2,23-27)25-42)38(22-39(34)43)44-36-16-7-3-12-30(36)31-13-4-8-17-37(31)44/h3-9,11-22,26H,10,23H2,1-2H3. The van der Waals surface area contributed by atoms with E-state index in [2.05, 4.69) is 131 Å². The fourth-order valence-electron chi connectivity index (χ4n) is 7.22. The lowest BCUT2D eigenvalue weighted by Gasteiger charge is -2.27. The fraction of sp³-hybridized carbons (Fsp3) is 0.150. The SMILES string of the molecule is CC1C=C(n2c3ccccc3c3cc(C4=CC=C(C#N)C(C)(C#N)C4)c(-n4c5ccccc5c5ccccc54)cc32)C=CC1. The van der Waals surface area contributed by atoms with E-state index in [1.807, 2.05) is 19.1 Å². The summed E-state index contributed by atoms with van der Waals surface area (Å²) in [6.45, 7) is 4.15. The van der Waals surface area contributed by atoms with Gasteiger partial charge < -0.3 is 9.13 Å². The van der Waals surface area contributed by atoms with Crippen LogP contribution in [-0.4, -0.2) is 9.13 Å². The van der Waals surface area contributed by atoms with E-state index >= 15 is 0 Å². The molecule has 0 amide bonds. The summed E-state index contributed by atoms with van der Waals surface area (Å²) < 4.78 is 4.78. The second kappa shape index (κ2) is 9.73. The van der Waals surface area contributed by atoms with Gasteiger partial charge in [-0.25, -0.2) is 0 Å². The summed E-state index contributed by atoms with van der Waals surface area (Å²) >= 11 is 0. The van der Waals surface area contributed by atoms with Crippen LogP contribution in [0, 0.1) is 34.0 Å². The Morgan fingerprint density at radius 2 is 1.36 bits per heavy atom. The van der Waals surface area contributed by atoms with Crippen molar-refractivity contribution >= 4 is 54.9 Å². The molecule has 2 atom stereocenters. The van der Waals surface area contributed by atoms with Crippen LogP contribution in [0.25, 0.3) is 60.6 Å². The normalized spacial score (nSPS) is 20.0. The first-order chi connectivity index (χ1) is 21.5. The van der Waals surface area contributed by atoms with Crippen molar-refractivity contribution in [2.75, 3.05) is 0 Å². The smallest absolute Gasteiger partial charge is 0.0964 e. The number of para-hydroxylation sites is 3. The molecule has 2 aliphatic rings. The molecule has 4 aromatic carbocycles. The molecule has 8 rings (SSSR count). The van der Waals surface area contributed by atoms with E-state index in [0.717, 1.165) is 39.8 Å². The number of aromatic nitrogens is 2. The van der Waals surface area contributed by atoms with Gasteiger partial charge in [-0.15, -0.1) is 0 Å². The molecule has 0 saturated carbocycles. The number of nitriles is 2. The lowest BCUT2D eigenvalue weighted by atomic mass is 9.73. The van der Waals surface area contributed by atoms with Crippen LogP contribution in [0.4, 0.5) is 0 Å². The highest BCUT2D eigenvalue weighted by Gasteiger charge is 2.34. The Kier molecular flexibility index (Phi) is 5.77. The van der Waals surface area contributed by atoms with Crippen molar-refractivity contribution < 1.29 is 0 Å². The van der Waals surface area contributed by atoms with E-state index in [9.17, 15) is 10.5 Å².